The summed E-state index contributed by atoms with van der Waals surface area (Å²) < 4.78 is 1.65. The fourth-order valence-electron chi connectivity index (χ4n) is 5.58. The van der Waals surface area contributed by atoms with Crippen LogP contribution in [0.25, 0.3) is 10.2 Å². The van der Waals surface area contributed by atoms with E-state index >= 15 is 0 Å². The highest BCUT2D eigenvalue weighted by molar-refractivity contribution is 7.99. The normalized spacial score (nSPS) is 25.1. The van der Waals surface area contributed by atoms with Gasteiger partial charge in [-0.1, -0.05) is 45.5 Å². The lowest BCUT2D eigenvalue weighted by Gasteiger charge is -2.39. The summed E-state index contributed by atoms with van der Waals surface area (Å²) in [4.78, 5) is 34.9. The summed E-state index contributed by atoms with van der Waals surface area (Å²) in [6.45, 7) is 14.1. The van der Waals surface area contributed by atoms with Crippen LogP contribution < -0.4 is 5.56 Å². The topological polar surface area (TPSA) is 55.2 Å². The lowest BCUT2D eigenvalue weighted by atomic mass is 9.65. The summed E-state index contributed by atoms with van der Waals surface area (Å²) in [5, 5.41) is 1.27. The van der Waals surface area contributed by atoms with E-state index in [1.807, 2.05) is 6.07 Å². The second-order valence-electron chi connectivity index (χ2n) is 9.91. The van der Waals surface area contributed by atoms with Gasteiger partial charge in [0, 0.05) is 24.0 Å². The number of carbonyl (C=O) groups is 1. The average molecular weight is 446 g/mol. The SMILES string of the molecule is C=CCn1c(SCC(=O)N2C[C@@]3(C)C[C@H]2CC(C)(C)C3)nc2sc(CC)cc2c1=O. The standard InChI is InChI=1S/C23H31N3O2S2/c1-6-8-25-20(28)17-9-16(7-2)30-19(17)24-21(25)29-12-18(27)26-14-23(5)11-15(26)10-22(3,4)13-23/h6,9,15H,1,7-8,10-14H2,2-5H3/t15-,23+/m1/s1. The van der Waals surface area contributed by atoms with Crippen LogP contribution in [0.1, 0.15) is 51.8 Å². The van der Waals surface area contributed by atoms with Crippen molar-refractivity contribution in [2.24, 2.45) is 10.8 Å². The van der Waals surface area contributed by atoms with Crippen molar-refractivity contribution >= 4 is 39.2 Å². The summed E-state index contributed by atoms with van der Waals surface area (Å²) in [5.74, 6) is 0.472. The fourth-order valence-corrected chi connectivity index (χ4v) is 7.49. The summed E-state index contributed by atoms with van der Waals surface area (Å²) in [5.41, 5.74) is 0.465. The maximum absolute atomic E-state index is 13.2. The van der Waals surface area contributed by atoms with Gasteiger partial charge in [-0.2, -0.15) is 0 Å². The Morgan fingerprint density at radius 2 is 2.17 bits per heavy atom. The van der Waals surface area contributed by atoms with E-state index in [9.17, 15) is 9.59 Å². The smallest absolute Gasteiger partial charge is 0.263 e. The van der Waals surface area contributed by atoms with Gasteiger partial charge in [0.25, 0.3) is 5.56 Å². The molecule has 1 saturated carbocycles. The number of fused-ring (bicyclic) bond motifs is 3. The molecule has 1 amide bonds. The molecule has 3 heterocycles. The van der Waals surface area contributed by atoms with Crippen molar-refractivity contribution in [2.45, 2.75) is 71.1 Å². The molecular formula is C23H31N3O2S2. The molecule has 1 saturated heterocycles. The van der Waals surface area contributed by atoms with Crippen LogP contribution in [-0.2, 0) is 17.8 Å². The van der Waals surface area contributed by atoms with Gasteiger partial charge in [-0.3, -0.25) is 14.2 Å². The van der Waals surface area contributed by atoms with Gasteiger partial charge in [0.2, 0.25) is 5.91 Å². The summed E-state index contributed by atoms with van der Waals surface area (Å²) in [6, 6.07) is 2.28. The van der Waals surface area contributed by atoms with E-state index in [2.05, 4.69) is 39.2 Å². The molecule has 4 rings (SSSR count). The summed E-state index contributed by atoms with van der Waals surface area (Å²) in [6.07, 6.45) is 5.93. The van der Waals surface area contributed by atoms with Crippen LogP contribution in [0.4, 0.5) is 0 Å². The van der Waals surface area contributed by atoms with Crippen LogP contribution in [0.15, 0.2) is 28.7 Å². The van der Waals surface area contributed by atoms with Crippen LogP contribution in [0.5, 0.6) is 0 Å². The molecule has 2 aliphatic rings. The molecule has 162 valence electrons. The van der Waals surface area contributed by atoms with Crippen molar-refractivity contribution in [3.63, 3.8) is 0 Å². The van der Waals surface area contributed by atoms with E-state index < -0.39 is 0 Å². The Morgan fingerprint density at radius 1 is 1.40 bits per heavy atom. The number of carbonyl (C=O) groups excluding carboxylic acids is 1. The molecule has 2 bridgehead atoms. The molecule has 2 fully saturated rings. The molecule has 1 aliphatic carbocycles. The van der Waals surface area contributed by atoms with E-state index in [1.165, 1.54) is 18.2 Å². The van der Waals surface area contributed by atoms with E-state index in [0.29, 0.717) is 28.9 Å². The Hall–Kier alpha value is -1.60. The first-order chi connectivity index (χ1) is 14.1. The molecule has 1 aliphatic heterocycles. The number of aromatic nitrogens is 2. The zero-order chi connectivity index (χ0) is 21.7. The predicted molar refractivity (Wildman–Crippen MR) is 125 cm³/mol. The molecule has 0 radical (unpaired) electrons. The van der Waals surface area contributed by atoms with Gasteiger partial charge in [-0.25, -0.2) is 4.98 Å². The molecule has 0 unspecified atom stereocenters. The number of nitrogens with zero attached hydrogens (tertiary/aromatic N) is 3. The van der Waals surface area contributed by atoms with Crippen LogP contribution in [0, 0.1) is 10.8 Å². The number of hydrogen-bond donors (Lipinski definition) is 0. The highest BCUT2D eigenvalue weighted by Crippen LogP contribution is 2.52. The Labute approximate surface area is 186 Å². The Balaban J connectivity index is 1.56. The minimum atomic E-state index is -0.0444. The molecule has 2 aromatic rings. The first-order valence-corrected chi connectivity index (χ1v) is 12.5. The van der Waals surface area contributed by atoms with Gasteiger partial charge in [0.1, 0.15) is 4.83 Å². The maximum Gasteiger partial charge on any atom is 0.263 e. The zero-order valence-electron chi connectivity index (χ0n) is 18.4. The van der Waals surface area contributed by atoms with Crippen molar-refractivity contribution in [2.75, 3.05) is 12.3 Å². The van der Waals surface area contributed by atoms with Gasteiger partial charge in [-0.05, 0) is 42.6 Å². The second kappa shape index (κ2) is 7.83. The lowest BCUT2D eigenvalue weighted by molar-refractivity contribution is -0.129. The minimum absolute atomic E-state index is 0.0444. The number of allylic oxidation sites excluding steroid dienone is 1. The van der Waals surface area contributed by atoms with Crippen molar-refractivity contribution in [3.05, 3.63) is 34.0 Å². The Kier molecular flexibility index (Phi) is 5.64. The fraction of sp³-hybridized carbons (Fsp3) is 0.609. The average Bonchev–Trinajstić information content (AvgIpc) is 3.19. The van der Waals surface area contributed by atoms with Gasteiger partial charge < -0.3 is 4.90 Å². The van der Waals surface area contributed by atoms with Crippen molar-refractivity contribution in [1.29, 1.82) is 0 Å². The van der Waals surface area contributed by atoms with E-state index in [4.69, 9.17) is 4.98 Å². The molecular weight excluding hydrogens is 414 g/mol. The minimum Gasteiger partial charge on any atom is -0.338 e. The maximum atomic E-state index is 13.2. The molecule has 2 atom stereocenters. The van der Waals surface area contributed by atoms with Gasteiger partial charge in [0.15, 0.2) is 5.16 Å². The van der Waals surface area contributed by atoms with Crippen molar-refractivity contribution in [3.8, 4) is 0 Å². The largest absolute Gasteiger partial charge is 0.338 e. The van der Waals surface area contributed by atoms with Crippen LogP contribution in [0.3, 0.4) is 0 Å². The van der Waals surface area contributed by atoms with Gasteiger partial charge in [-0.15, -0.1) is 17.9 Å². The number of thiophene rings is 1. The number of thioether (sulfide) groups is 1. The lowest BCUT2D eigenvalue weighted by Crippen LogP contribution is -2.38. The third-order valence-corrected chi connectivity index (χ3v) is 8.52. The Bertz CT molecular complexity index is 1050. The quantitative estimate of drug-likeness (QED) is 0.367. The van der Waals surface area contributed by atoms with Crippen molar-refractivity contribution in [1.82, 2.24) is 14.5 Å². The highest BCUT2D eigenvalue weighted by Gasteiger charge is 2.50. The van der Waals surface area contributed by atoms with E-state index in [-0.39, 0.29) is 22.3 Å². The van der Waals surface area contributed by atoms with Crippen molar-refractivity contribution < 1.29 is 4.79 Å². The number of rotatable bonds is 6. The molecule has 0 N–H and O–H groups in total. The number of aryl methyl sites for hydroxylation is 1. The molecule has 2 aromatic heterocycles. The molecule has 5 nitrogen and oxygen atoms in total. The van der Waals surface area contributed by atoms with Gasteiger partial charge in [0.05, 0.1) is 11.1 Å². The van der Waals surface area contributed by atoms with Crippen LogP contribution in [0.2, 0.25) is 0 Å². The Morgan fingerprint density at radius 3 is 2.87 bits per heavy atom. The zero-order valence-corrected chi connectivity index (χ0v) is 20.0. The molecule has 0 spiro atoms. The summed E-state index contributed by atoms with van der Waals surface area (Å²) >= 11 is 2.95. The first kappa shape index (κ1) is 21.6. The first-order valence-electron chi connectivity index (χ1n) is 10.7. The van der Waals surface area contributed by atoms with E-state index in [1.54, 1.807) is 22.0 Å². The number of likely N-dealkylation sites (tertiary alicyclic amines) is 1. The van der Waals surface area contributed by atoms with Gasteiger partial charge >= 0.3 is 0 Å². The third kappa shape index (κ3) is 3.98. The number of amides is 1. The third-order valence-electron chi connectivity index (χ3n) is 6.39. The van der Waals surface area contributed by atoms with Crippen LogP contribution in [-0.4, -0.2) is 38.7 Å². The molecule has 0 aromatic carbocycles. The summed E-state index contributed by atoms with van der Waals surface area (Å²) in [7, 11) is 0. The molecule has 7 heteroatoms. The highest BCUT2D eigenvalue weighted by atomic mass is 32.2. The predicted octanol–water partition coefficient (Wildman–Crippen LogP) is 4.73. The van der Waals surface area contributed by atoms with E-state index in [0.717, 1.165) is 35.5 Å². The van der Waals surface area contributed by atoms with Crippen LogP contribution >= 0.6 is 23.1 Å². The molecule has 30 heavy (non-hydrogen) atoms. The second-order valence-corrected chi connectivity index (χ2v) is 12.0. The monoisotopic (exact) mass is 445 g/mol. The number of hydrogen-bond acceptors (Lipinski definition) is 5.